The van der Waals surface area contributed by atoms with Crippen LogP contribution in [0.25, 0.3) is 22.0 Å². The third kappa shape index (κ3) is 3.80. The molecule has 7 nitrogen and oxygen atoms in total. The molecule has 4 rings (SSSR count). The molecule has 32 heavy (non-hydrogen) atoms. The number of hydrogen-bond acceptors (Lipinski definition) is 7. The van der Waals surface area contributed by atoms with Crippen LogP contribution in [0.15, 0.2) is 64.0 Å². The highest BCUT2D eigenvalue weighted by Gasteiger charge is 2.17. The van der Waals surface area contributed by atoms with E-state index >= 15 is 0 Å². The molecular weight excluding hydrogens is 426 g/mol. The van der Waals surface area contributed by atoms with Crippen LogP contribution >= 0.6 is 11.3 Å². The Labute approximate surface area is 189 Å². The van der Waals surface area contributed by atoms with Crippen molar-refractivity contribution in [2.24, 2.45) is 10.1 Å². The number of rotatable bonds is 6. The van der Waals surface area contributed by atoms with Gasteiger partial charge in [0.25, 0.3) is 0 Å². The third-order valence-corrected chi connectivity index (χ3v) is 5.99. The molecule has 0 saturated heterocycles. The molecule has 0 atom stereocenters. The fourth-order valence-corrected chi connectivity index (χ4v) is 4.33. The number of hydrogen-bond donors (Lipinski definition) is 1. The first-order valence-corrected chi connectivity index (χ1v) is 10.7. The second-order valence-corrected chi connectivity index (χ2v) is 7.65. The highest BCUT2D eigenvalue weighted by molar-refractivity contribution is 7.07. The molecule has 0 amide bonds. The van der Waals surface area contributed by atoms with E-state index in [1.54, 1.807) is 45.3 Å². The number of benzene rings is 3. The van der Waals surface area contributed by atoms with Gasteiger partial charge in [0.2, 0.25) is 10.6 Å². The summed E-state index contributed by atoms with van der Waals surface area (Å²) in [6.45, 7) is 0. The Balaban J connectivity index is 1.88. The van der Waals surface area contributed by atoms with Crippen LogP contribution in [0, 0.1) is 0 Å². The SMILES string of the molecule is CN=c1scc(-c2cc(OC)c(OC)c(OC)c2)n1N=Cc1c(O)ccc2ccccc12. The van der Waals surface area contributed by atoms with E-state index in [0.29, 0.717) is 27.6 Å². The zero-order chi connectivity index (χ0) is 22.7. The summed E-state index contributed by atoms with van der Waals surface area (Å²) in [5.41, 5.74) is 2.26. The highest BCUT2D eigenvalue weighted by Crippen LogP contribution is 2.41. The van der Waals surface area contributed by atoms with Gasteiger partial charge >= 0.3 is 0 Å². The van der Waals surface area contributed by atoms with Gasteiger partial charge in [-0.2, -0.15) is 5.10 Å². The minimum Gasteiger partial charge on any atom is -0.507 e. The number of phenolic OH excluding ortho intramolecular Hbond substituents is 1. The van der Waals surface area contributed by atoms with Gasteiger partial charge in [-0.3, -0.25) is 4.99 Å². The molecule has 1 heterocycles. The number of aromatic hydroxyl groups is 1. The van der Waals surface area contributed by atoms with Gasteiger partial charge in [0.15, 0.2) is 11.5 Å². The fraction of sp³-hybridized carbons (Fsp3) is 0.167. The first-order chi connectivity index (χ1) is 15.6. The predicted molar refractivity (Wildman–Crippen MR) is 127 cm³/mol. The summed E-state index contributed by atoms with van der Waals surface area (Å²) >= 11 is 1.46. The molecule has 0 aliphatic rings. The van der Waals surface area contributed by atoms with Crippen LogP contribution in [-0.2, 0) is 0 Å². The maximum atomic E-state index is 10.5. The first-order valence-electron chi connectivity index (χ1n) is 9.80. The largest absolute Gasteiger partial charge is 0.507 e. The Morgan fingerprint density at radius 3 is 2.34 bits per heavy atom. The van der Waals surface area contributed by atoms with E-state index in [2.05, 4.69) is 10.1 Å². The Morgan fingerprint density at radius 1 is 0.969 bits per heavy atom. The van der Waals surface area contributed by atoms with Gasteiger partial charge < -0.3 is 19.3 Å². The zero-order valence-corrected chi connectivity index (χ0v) is 19.0. The lowest BCUT2D eigenvalue weighted by Gasteiger charge is -2.14. The van der Waals surface area contributed by atoms with Crippen LogP contribution in [0.3, 0.4) is 0 Å². The van der Waals surface area contributed by atoms with E-state index < -0.39 is 0 Å². The van der Waals surface area contributed by atoms with Crippen LogP contribution in [0.2, 0.25) is 0 Å². The Bertz CT molecular complexity index is 1350. The van der Waals surface area contributed by atoms with Gasteiger partial charge in [0.1, 0.15) is 5.75 Å². The highest BCUT2D eigenvalue weighted by atomic mass is 32.1. The number of nitrogens with zero attached hydrogens (tertiary/aromatic N) is 3. The predicted octanol–water partition coefficient (Wildman–Crippen LogP) is 4.51. The Kier molecular flexibility index (Phi) is 6.13. The number of ether oxygens (including phenoxy) is 3. The molecule has 3 aromatic carbocycles. The van der Waals surface area contributed by atoms with Gasteiger partial charge in [0, 0.05) is 23.6 Å². The van der Waals surface area contributed by atoms with E-state index in [1.165, 1.54) is 11.3 Å². The van der Waals surface area contributed by atoms with Crippen molar-refractivity contribution < 1.29 is 19.3 Å². The van der Waals surface area contributed by atoms with Crippen LogP contribution in [0.4, 0.5) is 0 Å². The van der Waals surface area contributed by atoms with E-state index in [9.17, 15) is 5.11 Å². The minimum absolute atomic E-state index is 0.160. The molecule has 164 valence electrons. The molecule has 0 unspecified atom stereocenters. The van der Waals surface area contributed by atoms with Crippen LogP contribution < -0.4 is 19.0 Å². The van der Waals surface area contributed by atoms with Gasteiger partial charge in [0.05, 0.1) is 33.2 Å². The monoisotopic (exact) mass is 449 g/mol. The fourth-order valence-electron chi connectivity index (χ4n) is 3.52. The molecule has 0 fully saturated rings. The van der Waals surface area contributed by atoms with E-state index in [0.717, 1.165) is 22.0 Å². The van der Waals surface area contributed by atoms with Gasteiger partial charge in [-0.1, -0.05) is 30.3 Å². The van der Waals surface area contributed by atoms with Crippen molar-refractivity contribution in [1.82, 2.24) is 4.68 Å². The van der Waals surface area contributed by atoms with Crippen LogP contribution in [0.1, 0.15) is 5.56 Å². The average Bonchev–Trinajstić information content (AvgIpc) is 3.25. The third-order valence-electron chi connectivity index (χ3n) is 5.09. The Hall–Kier alpha value is -3.78. The molecule has 0 bridgehead atoms. The van der Waals surface area contributed by atoms with Gasteiger partial charge in [-0.05, 0) is 29.0 Å². The molecule has 4 aromatic rings. The molecule has 0 aliphatic carbocycles. The van der Waals surface area contributed by atoms with Crippen molar-refractivity contribution in [3.05, 3.63) is 64.3 Å². The van der Waals surface area contributed by atoms with Crippen LogP contribution in [0.5, 0.6) is 23.0 Å². The second kappa shape index (κ2) is 9.15. The summed E-state index contributed by atoms with van der Waals surface area (Å²) in [6, 6.07) is 15.1. The van der Waals surface area contributed by atoms with Crippen molar-refractivity contribution in [3.8, 4) is 34.3 Å². The summed E-state index contributed by atoms with van der Waals surface area (Å²) < 4.78 is 18.2. The quantitative estimate of drug-likeness (QED) is 0.439. The lowest BCUT2D eigenvalue weighted by molar-refractivity contribution is 0.324. The molecule has 8 heteroatoms. The second-order valence-electron chi connectivity index (χ2n) is 6.82. The minimum atomic E-state index is 0.160. The van der Waals surface area contributed by atoms with Crippen molar-refractivity contribution in [3.63, 3.8) is 0 Å². The summed E-state index contributed by atoms with van der Waals surface area (Å²) in [4.78, 5) is 5.05. The topological polar surface area (TPSA) is 77.6 Å². The lowest BCUT2D eigenvalue weighted by atomic mass is 10.0. The van der Waals surface area contributed by atoms with Crippen LogP contribution in [-0.4, -0.2) is 44.4 Å². The maximum absolute atomic E-state index is 10.5. The number of methoxy groups -OCH3 is 3. The molecule has 0 radical (unpaired) electrons. The lowest BCUT2D eigenvalue weighted by Crippen LogP contribution is -2.11. The molecule has 1 aromatic heterocycles. The average molecular weight is 450 g/mol. The first kappa shape index (κ1) is 21.5. The zero-order valence-electron chi connectivity index (χ0n) is 18.2. The molecule has 0 aliphatic heterocycles. The Morgan fingerprint density at radius 2 is 1.69 bits per heavy atom. The standard InChI is InChI=1S/C24H23N3O4S/c1-25-24-27(26-13-18-17-8-6-5-7-15(17)9-10-20(18)28)19(14-32-24)16-11-21(29-2)23(31-4)22(12-16)30-3/h5-14,28H,1-4H3. The van der Waals surface area contributed by atoms with E-state index in [-0.39, 0.29) is 5.75 Å². The summed E-state index contributed by atoms with van der Waals surface area (Å²) in [5.74, 6) is 1.77. The normalized spacial score (nSPS) is 11.9. The van der Waals surface area contributed by atoms with Crippen molar-refractivity contribution in [1.29, 1.82) is 0 Å². The van der Waals surface area contributed by atoms with E-state index in [1.807, 2.05) is 47.8 Å². The smallest absolute Gasteiger partial charge is 0.205 e. The number of aromatic nitrogens is 1. The van der Waals surface area contributed by atoms with Gasteiger partial charge in [-0.25, -0.2) is 4.68 Å². The van der Waals surface area contributed by atoms with Gasteiger partial charge in [-0.15, -0.1) is 11.3 Å². The number of phenols is 1. The van der Waals surface area contributed by atoms with E-state index in [4.69, 9.17) is 14.2 Å². The van der Waals surface area contributed by atoms with Crippen molar-refractivity contribution in [2.45, 2.75) is 0 Å². The van der Waals surface area contributed by atoms with Crippen molar-refractivity contribution >= 4 is 28.3 Å². The summed E-state index contributed by atoms with van der Waals surface area (Å²) in [7, 11) is 6.44. The molecule has 0 saturated carbocycles. The number of thiazole rings is 1. The molecule has 0 spiro atoms. The summed E-state index contributed by atoms with van der Waals surface area (Å²) in [5, 5.41) is 19.1. The van der Waals surface area contributed by atoms with Crippen molar-refractivity contribution in [2.75, 3.05) is 28.4 Å². The number of fused-ring (bicyclic) bond motifs is 1. The summed E-state index contributed by atoms with van der Waals surface area (Å²) in [6.07, 6.45) is 1.65. The maximum Gasteiger partial charge on any atom is 0.205 e. The molecular formula is C24H23N3O4S. The molecule has 1 N–H and O–H groups in total.